The van der Waals surface area contributed by atoms with Gasteiger partial charge >= 0.3 is 0 Å². The van der Waals surface area contributed by atoms with Crippen molar-refractivity contribution in [2.75, 3.05) is 4.47 Å². The minimum Gasteiger partial charge on any atom is -0.366 e. The molecule has 6 nitrogen and oxygen atoms in total. The summed E-state index contributed by atoms with van der Waals surface area (Å²) in [6.45, 7) is 10.5. The third kappa shape index (κ3) is 3.82. The first-order chi connectivity index (χ1) is 14.3. The van der Waals surface area contributed by atoms with Crippen LogP contribution in [0.4, 0.5) is 5.88 Å². The first kappa shape index (κ1) is 20.5. The molecule has 0 radical (unpaired) electrons. The molecular weight excluding hydrogens is 398 g/mol. The Kier molecular flexibility index (Phi) is 5.33. The molecule has 0 saturated heterocycles. The molecule has 1 aliphatic heterocycles. The van der Waals surface area contributed by atoms with Crippen molar-refractivity contribution in [2.24, 2.45) is 0 Å². The van der Waals surface area contributed by atoms with Crippen molar-refractivity contribution in [3.63, 3.8) is 0 Å². The van der Waals surface area contributed by atoms with Gasteiger partial charge in [-0.2, -0.15) is 4.47 Å². The van der Waals surface area contributed by atoms with E-state index in [9.17, 15) is 5.21 Å². The van der Waals surface area contributed by atoms with Gasteiger partial charge in [0, 0.05) is 29.3 Å². The molecule has 1 N–H and O–H groups in total. The van der Waals surface area contributed by atoms with Crippen molar-refractivity contribution in [3.8, 4) is 11.8 Å². The van der Waals surface area contributed by atoms with E-state index in [4.69, 9.17) is 9.26 Å². The molecule has 1 aromatic carbocycles. The number of rotatable bonds is 3. The number of fused-ring (bicyclic) bond motifs is 1. The van der Waals surface area contributed by atoms with Crippen LogP contribution >= 0.6 is 11.9 Å². The molecule has 0 aliphatic carbocycles. The maximum atomic E-state index is 10.5. The van der Waals surface area contributed by atoms with Crippen molar-refractivity contribution in [1.29, 1.82) is 0 Å². The van der Waals surface area contributed by atoms with Gasteiger partial charge in [-0.25, -0.2) is 4.98 Å². The highest BCUT2D eigenvalue weighted by Gasteiger charge is 2.31. The standard InChI is InChI=1S/C23H23N3O3S/c1-14-11-18-13-28-23(4,5)19(18)12-17(14)8-9-20-21(7-6-10-24-20)30-26(27)22-15(2)16(3)25-29-22/h6-7,10-12,27H,13H2,1-5H3. The highest BCUT2D eigenvalue weighted by Crippen LogP contribution is 2.37. The number of pyridine rings is 1. The monoisotopic (exact) mass is 421 g/mol. The first-order valence-corrected chi connectivity index (χ1v) is 10.4. The fraction of sp³-hybridized carbons (Fsp3) is 0.304. The van der Waals surface area contributed by atoms with Gasteiger partial charge in [0.1, 0.15) is 5.69 Å². The lowest BCUT2D eigenvalue weighted by Crippen LogP contribution is -2.14. The second-order valence-electron chi connectivity index (χ2n) is 7.79. The summed E-state index contributed by atoms with van der Waals surface area (Å²) in [7, 11) is 0. The summed E-state index contributed by atoms with van der Waals surface area (Å²) in [6.07, 6.45) is 1.69. The summed E-state index contributed by atoms with van der Waals surface area (Å²) in [6, 6.07) is 7.92. The molecule has 0 bridgehead atoms. The van der Waals surface area contributed by atoms with Crippen LogP contribution in [0.5, 0.6) is 0 Å². The van der Waals surface area contributed by atoms with Crippen LogP contribution in [-0.2, 0) is 16.9 Å². The zero-order valence-corrected chi connectivity index (χ0v) is 18.4. The van der Waals surface area contributed by atoms with Crippen LogP contribution in [0.25, 0.3) is 0 Å². The van der Waals surface area contributed by atoms with Gasteiger partial charge in [0.2, 0.25) is 0 Å². The third-order valence-corrected chi connectivity index (χ3v) is 6.13. The Hall–Kier alpha value is -2.79. The molecule has 3 heterocycles. The maximum Gasteiger partial charge on any atom is 0.264 e. The predicted molar refractivity (Wildman–Crippen MR) is 115 cm³/mol. The Morgan fingerprint density at radius 3 is 2.73 bits per heavy atom. The maximum absolute atomic E-state index is 10.5. The number of nitrogens with zero attached hydrogens (tertiary/aromatic N) is 3. The second-order valence-corrected chi connectivity index (χ2v) is 8.75. The molecule has 154 valence electrons. The summed E-state index contributed by atoms with van der Waals surface area (Å²) < 4.78 is 12.1. The average molecular weight is 422 g/mol. The number of hydrogen-bond donors (Lipinski definition) is 1. The van der Waals surface area contributed by atoms with Crippen LogP contribution in [0.2, 0.25) is 0 Å². The van der Waals surface area contributed by atoms with E-state index < -0.39 is 0 Å². The Morgan fingerprint density at radius 1 is 1.20 bits per heavy atom. The second kappa shape index (κ2) is 7.80. The summed E-state index contributed by atoms with van der Waals surface area (Å²) in [5.74, 6) is 6.70. The summed E-state index contributed by atoms with van der Waals surface area (Å²) in [5, 5.41) is 14.3. The number of hydrogen-bond acceptors (Lipinski definition) is 7. The molecule has 3 aromatic rings. The van der Waals surface area contributed by atoms with E-state index in [-0.39, 0.29) is 11.5 Å². The van der Waals surface area contributed by atoms with Gasteiger partial charge in [-0.05, 0) is 75.4 Å². The number of anilines is 1. The molecular formula is C23H23N3O3S. The molecule has 0 unspecified atom stereocenters. The van der Waals surface area contributed by atoms with Gasteiger partial charge in [0.05, 0.1) is 22.8 Å². The van der Waals surface area contributed by atoms with Crippen LogP contribution in [-0.4, -0.2) is 15.3 Å². The van der Waals surface area contributed by atoms with Crippen molar-refractivity contribution >= 4 is 17.8 Å². The van der Waals surface area contributed by atoms with Gasteiger partial charge in [-0.3, -0.25) is 5.21 Å². The minimum absolute atomic E-state index is 0.289. The molecule has 0 amide bonds. The largest absolute Gasteiger partial charge is 0.366 e. The lowest BCUT2D eigenvalue weighted by molar-refractivity contribution is -0.00790. The fourth-order valence-electron chi connectivity index (χ4n) is 3.32. The summed E-state index contributed by atoms with van der Waals surface area (Å²) in [4.78, 5) is 5.11. The van der Waals surface area contributed by atoms with Crippen LogP contribution in [0, 0.1) is 32.6 Å². The normalized spacial score (nSPS) is 14.2. The van der Waals surface area contributed by atoms with Crippen LogP contribution in [0.1, 0.15) is 53.1 Å². The van der Waals surface area contributed by atoms with Crippen molar-refractivity contribution in [2.45, 2.75) is 51.7 Å². The smallest absolute Gasteiger partial charge is 0.264 e. The van der Waals surface area contributed by atoms with E-state index in [0.29, 0.717) is 17.2 Å². The molecule has 0 spiro atoms. The van der Waals surface area contributed by atoms with Crippen molar-refractivity contribution < 1.29 is 14.5 Å². The van der Waals surface area contributed by atoms with Gasteiger partial charge < -0.3 is 9.26 Å². The molecule has 7 heteroatoms. The summed E-state index contributed by atoms with van der Waals surface area (Å²) in [5.41, 5.74) is 6.20. The predicted octanol–water partition coefficient (Wildman–Crippen LogP) is 5.06. The Balaban J connectivity index is 1.64. The molecule has 2 aromatic heterocycles. The van der Waals surface area contributed by atoms with E-state index >= 15 is 0 Å². The molecule has 30 heavy (non-hydrogen) atoms. The van der Waals surface area contributed by atoms with E-state index in [1.807, 2.05) is 26.8 Å². The number of aryl methyl sites for hydroxylation is 2. The molecule has 1 aliphatic rings. The van der Waals surface area contributed by atoms with E-state index in [0.717, 1.165) is 38.8 Å². The quantitative estimate of drug-likeness (QED) is 0.360. The Morgan fingerprint density at radius 2 is 2.00 bits per heavy atom. The van der Waals surface area contributed by atoms with Crippen LogP contribution in [0.3, 0.4) is 0 Å². The molecule has 0 fully saturated rings. The van der Waals surface area contributed by atoms with Crippen LogP contribution < -0.4 is 4.47 Å². The number of benzene rings is 1. The van der Waals surface area contributed by atoms with Crippen LogP contribution in [0.15, 0.2) is 39.9 Å². The number of aromatic nitrogens is 2. The van der Waals surface area contributed by atoms with E-state index in [1.54, 1.807) is 12.3 Å². The topological polar surface area (TPSA) is 71.6 Å². The molecule has 0 saturated carbocycles. The van der Waals surface area contributed by atoms with Crippen molar-refractivity contribution in [1.82, 2.24) is 10.1 Å². The number of ether oxygens (including phenoxy) is 1. The average Bonchev–Trinajstić information content (AvgIpc) is 3.19. The highest BCUT2D eigenvalue weighted by atomic mass is 32.2. The molecule has 0 atom stereocenters. The Labute approximate surface area is 180 Å². The van der Waals surface area contributed by atoms with Crippen molar-refractivity contribution in [3.05, 3.63) is 69.7 Å². The first-order valence-electron chi connectivity index (χ1n) is 9.61. The minimum atomic E-state index is -0.310. The highest BCUT2D eigenvalue weighted by molar-refractivity contribution is 8.00. The van der Waals surface area contributed by atoms with Gasteiger partial charge in [0.15, 0.2) is 0 Å². The lowest BCUT2D eigenvalue weighted by atomic mass is 9.92. The van der Waals surface area contributed by atoms with E-state index in [2.05, 4.69) is 48.0 Å². The zero-order valence-electron chi connectivity index (χ0n) is 17.6. The van der Waals surface area contributed by atoms with Gasteiger partial charge in [-0.1, -0.05) is 17.1 Å². The third-order valence-electron chi connectivity index (χ3n) is 5.26. The Bertz CT molecular complexity index is 1170. The van der Waals surface area contributed by atoms with Gasteiger partial charge in [-0.15, -0.1) is 0 Å². The zero-order chi connectivity index (χ0) is 21.5. The lowest BCUT2D eigenvalue weighted by Gasteiger charge is -2.18. The van der Waals surface area contributed by atoms with Gasteiger partial charge in [0.25, 0.3) is 5.88 Å². The molecule has 4 rings (SSSR count). The fourth-order valence-corrected chi connectivity index (χ4v) is 4.09. The summed E-state index contributed by atoms with van der Waals surface area (Å²) >= 11 is 1.08. The van der Waals surface area contributed by atoms with E-state index in [1.165, 1.54) is 11.1 Å². The SMILES string of the molecule is Cc1cc2c(cc1C#Cc1ncccc1SN(O)c1onc(C)c1C)C(C)(C)OC2.